The van der Waals surface area contributed by atoms with Crippen LogP contribution in [0.15, 0.2) is 58.6 Å². The van der Waals surface area contributed by atoms with Gasteiger partial charge in [0, 0.05) is 23.2 Å². The Balaban J connectivity index is 1.68. The van der Waals surface area contributed by atoms with Gasteiger partial charge in [-0.2, -0.15) is 0 Å². The van der Waals surface area contributed by atoms with Crippen molar-refractivity contribution in [1.29, 1.82) is 0 Å². The van der Waals surface area contributed by atoms with Crippen molar-refractivity contribution in [2.75, 3.05) is 6.54 Å². The fourth-order valence-corrected chi connectivity index (χ4v) is 4.65. The SMILES string of the molecule is CCN(C(=O)Cn1cnc2scc(-c3ccccc3)c2c1=O)C1=CCCCC1. The molecule has 1 amide bonds. The molecule has 0 saturated heterocycles. The lowest BCUT2D eigenvalue weighted by molar-refractivity contribution is -0.130. The molecule has 144 valence electrons. The normalized spacial score (nSPS) is 14.1. The maximum Gasteiger partial charge on any atom is 0.263 e. The number of benzene rings is 1. The Morgan fingerprint density at radius 2 is 2.07 bits per heavy atom. The molecule has 0 bridgehead atoms. The summed E-state index contributed by atoms with van der Waals surface area (Å²) in [6.07, 6.45) is 7.88. The molecule has 0 fully saturated rings. The van der Waals surface area contributed by atoms with Crippen molar-refractivity contribution in [3.8, 4) is 11.1 Å². The summed E-state index contributed by atoms with van der Waals surface area (Å²) in [5.41, 5.74) is 2.79. The molecule has 1 aliphatic carbocycles. The van der Waals surface area contributed by atoms with Gasteiger partial charge in [-0.3, -0.25) is 14.2 Å². The highest BCUT2D eigenvalue weighted by atomic mass is 32.1. The average molecular weight is 394 g/mol. The van der Waals surface area contributed by atoms with Gasteiger partial charge in [-0.1, -0.05) is 36.4 Å². The van der Waals surface area contributed by atoms with Crippen LogP contribution in [0.3, 0.4) is 0 Å². The molecule has 2 heterocycles. The molecule has 0 N–H and O–H groups in total. The van der Waals surface area contributed by atoms with Gasteiger partial charge in [-0.05, 0) is 38.2 Å². The number of allylic oxidation sites excluding steroid dienone is 2. The molecule has 5 nitrogen and oxygen atoms in total. The smallest absolute Gasteiger partial charge is 0.263 e. The Morgan fingerprint density at radius 3 is 2.79 bits per heavy atom. The van der Waals surface area contributed by atoms with E-state index in [1.54, 1.807) is 0 Å². The first-order valence-corrected chi connectivity index (χ1v) is 10.6. The second-order valence-electron chi connectivity index (χ2n) is 6.95. The number of nitrogens with zero attached hydrogens (tertiary/aromatic N) is 3. The van der Waals surface area contributed by atoms with Gasteiger partial charge in [0.2, 0.25) is 5.91 Å². The lowest BCUT2D eigenvalue weighted by Crippen LogP contribution is -2.36. The van der Waals surface area contributed by atoms with E-state index in [-0.39, 0.29) is 18.0 Å². The van der Waals surface area contributed by atoms with E-state index in [1.165, 1.54) is 28.7 Å². The van der Waals surface area contributed by atoms with Crippen LogP contribution in [0, 0.1) is 0 Å². The number of thiophene rings is 1. The Labute approximate surface area is 167 Å². The second-order valence-corrected chi connectivity index (χ2v) is 7.81. The quantitative estimate of drug-likeness (QED) is 0.644. The first-order valence-electron chi connectivity index (χ1n) is 9.70. The molecule has 4 rings (SSSR count). The lowest BCUT2D eigenvalue weighted by Gasteiger charge is -2.26. The van der Waals surface area contributed by atoms with E-state index < -0.39 is 0 Å². The highest BCUT2D eigenvalue weighted by Crippen LogP contribution is 2.30. The number of carbonyl (C=O) groups is 1. The number of likely N-dealkylation sites (N-methyl/N-ethyl adjacent to an activating group) is 1. The van der Waals surface area contributed by atoms with Crippen LogP contribution >= 0.6 is 11.3 Å². The summed E-state index contributed by atoms with van der Waals surface area (Å²) in [7, 11) is 0. The number of aromatic nitrogens is 2. The zero-order chi connectivity index (χ0) is 19.5. The van der Waals surface area contributed by atoms with E-state index >= 15 is 0 Å². The van der Waals surface area contributed by atoms with Gasteiger partial charge in [0.25, 0.3) is 5.56 Å². The van der Waals surface area contributed by atoms with E-state index in [0.29, 0.717) is 16.8 Å². The van der Waals surface area contributed by atoms with Crippen molar-refractivity contribution in [2.45, 2.75) is 39.2 Å². The average Bonchev–Trinajstić information content (AvgIpc) is 3.17. The molecular formula is C22H23N3O2S. The maximum absolute atomic E-state index is 13.2. The zero-order valence-electron chi connectivity index (χ0n) is 15.9. The molecule has 0 saturated carbocycles. The van der Waals surface area contributed by atoms with Crippen LogP contribution in [-0.2, 0) is 11.3 Å². The molecular weight excluding hydrogens is 370 g/mol. The topological polar surface area (TPSA) is 55.2 Å². The molecule has 1 aliphatic rings. The molecule has 3 aromatic rings. The first kappa shape index (κ1) is 18.6. The highest BCUT2D eigenvalue weighted by Gasteiger charge is 2.20. The van der Waals surface area contributed by atoms with Crippen LogP contribution in [-0.4, -0.2) is 26.9 Å². The van der Waals surface area contributed by atoms with Crippen LogP contribution in [0.25, 0.3) is 21.3 Å². The largest absolute Gasteiger partial charge is 0.315 e. The van der Waals surface area contributed by atoms with Gasteiger partial charge in [0.1, 0.15) is 11.4 Å². The van der Waals surface area contributed by atoms with Crippen LogP contribution in [0.1, 0.15) is 32.6 Å². The molecule has 0 aliphatic heterocycles. The van der Waals surface area contributed by atoms with E-state index in [2.05, 4.69) is 11.1 Å². The van der Waals surface area contributed by atoms with E-state index in [0.717, 1.165) is 36.1 Å². The van der Waals surface area contributed by atoms with Gasteiger partial charge >= 0.3 is 0 Å². The van der Waals surface area contributed by atoms with Crippen molar-refractivity contribution in [2.24, 2.45) is 0 Å². The minimum absolute atomic E-state index is 0.0109. The number of hydrogen-bond acceptors (Lipinski definition) is 4. The number of carbonyl (C=O) groups excluding carboxylic acids is 1. The van der Waals surface area contributed by atoms with Crippen molar-refractivity contribution < 1.29 is 4.79 Å². The second kappa shape index (κ2) is 8.10. The number of amides is 1. The van der Waals surface area contributed by atoms with Crippen molar-refractivity contribution >= 4 is 27.5 Å². The third-order valence-electron chi connectivity index (χ3n) is 5.18. The van der Waals surface area contributed by atoms with E-state index in [4.69, 9.17) is 0 Å². The molecule has 28 heavy (non-hydrogen) atoms. The van der Waals surface area contributed by atoms with Gasteiger partial charge in [0.05, 0.1) is 11.7 Å². The van der Waals surface area contributed by atoms with Crippen LogP contribution in [0.5, 0.6) is 0 Å². The predicted octanol–water partition coefficient (Wildman–Crippen LogP) is 4.43. The van der Waals surface area contributed by atoms with Crippen LogP contribution < -0.4 is 5.56 Å². The van der Waals surface area contributed by atoms with Crippen molar-refractivity contribution in [3.63, 3.8) is 0 Å². The molecule has 6 heteroatoms. The minimum Gasteiger partial charge on any atom is -0.315 e. The minimum atomic E-state index is -0.160. The number of fused-ring (bicyclic) bond motifs is 1. The van der Waals surface area contributed by atoms with Crippen molar-refractivity contribution in [1.82, 2.24) is 14.5 Å². The number of rotatable bonds is 5. The van der Waals surface area contributed by atoms with E-state index in [1.807, 2.05) is 47.5 Å². The standard InChI is InChI=1S/C22H23N3O2S/c1-2-25(17-11-7-4-8-12-17)19(26)13-24-15-23-21-20(22(24)27)18(14-28-21)16-9-5-3-6-10-16/h3,5-6,9-11,14-15H,2,4,7-8,12-13H2,1H3. The van der Waals surface area contributed by atoms with Crippen molar-refractivity contribution in [3.05, 3.63) is 64.2 Å². The fourth-order valence-electron chi connectivity index (χ4n) is 3.75. The van der Waals surface area contributed by atoms with E-state index in [9.17, 15) is 9.59 Å². The Bertz CT molecular complexity index is 1080. The predicted molar refractivity (Wildman–Crippen MR) is 113 cm³/mol. The summed E-state index contributed by atoms with van der Waals surface area (Å²) in [6.45, 7) is 2.60. The summed E-state index contributed by atoms with van der Waals surface area (Å²) in [5.74, 6) is -0.0598. The van der Waals surface area contributed by atoms with Gasteiger partial charge in [0.15, 0.2) is 0 Å². The third-order valence-corrected chi connectivity index (χ3v) is 6.07. The molecule has 2 aromatic heterocycles. The van der Waals surface area contributed by atoms with Gasteiger partial charge < -0.3 is 4.90 Å². The molecule has 0 radical (unpaired) electrons. The fraction of sp³-hybridized carbons (Fsp3) is 0.318. The Hall–Kier alpha value is -2.73. The van der Waals surface area contributed by atoms with Gasteiger partial charge in [-0.25, -0.2) is 4.98 Å². The van der Waals surface area contributed by atoms with Crippen LogP contribution in [0.4, 0.5) is 0 Å². The zero-order valence-corrected chi connectivity index (χ0v) is 16.7. The summed E-state index contributed by atoms with van der Waals surface area (Å²) in [5, 5.41) is 2.55. The molecule has 0 atom stereocenters. The first-order chi connectivity index (χ1) is 13.7. The summed E-state index contributed by atoms with van der Waals surface area (Å²) >= 11 is 1.46. The molecule has 0 spiro atoms. The molecule has 0 unspecified atom stereocenters. The van der Waals surface area contributed by atoms with Crippen LogP contribution in [0.2, 0.25) is 0 Å². The molecule has 1 aromatic carbocycles. The summed E-state index contributed by atoms with van der Waals surface area (Å²) in [6, 6.07) is 9.82. The number of hydrogen-bond donors (Lipinski definition) is 0. The maximum atomic E-state index is 13.2. The Morgan fingerprint density at radius 1 is 1.25 bits per heavy atom. The van der Waals surface area contributed by atoms with Gasteiger partial charge in [-0.15, -0.1) is 11.3 Å². The summed E-state index contributed by atoms with van der Waals surface area (Å²) < 4.78 is 1.44. The third kappa shape index (κ3) is 3.52. The Kier molecular flexibility index (Phi) is 5.39. The summed E-state index contributed by atoms with van der Waals surface area (Å²) in [4.78, 5) is 33.0. The highest BCUT2D eigenvalue weighted by molar-refractivity contribution is 7.17. The monoisotopic (exact) mass is 393 g/mol. The lowest BCUT2D eigenvalue weighted by atomic mass is 10.0.